The summed E-state index contributed by atoms with van der Waals surface area (Å²) in [5, 5.41) is 0. The van der Waals surface area contributed by atoms with E-state index in [2.05, 4.69) is 68.4 Å². The van der Waals surface area contributed by atoms with Crippen molar-refractivity contribution in [3.8, 4) is 0 Å². The van der Waals surface area contributed by atoms with E-state index in [4.69, 9.17) is 0 Å². The van der Waals surface area contributed by atoms with Crippen LogP contribution in [0.5, 0.6) is 0 Å². The van der Waals surface area contributed by atoms with Crippen LogP contribution in [-0.4, -0.2) is 0 Å². The van der Waals surface area contributed by atoms with Gasteiger partial charge in [0.15, 0.2) is 0 Å². The van der Waals surface area contributed by atoms with Gasteiger partial charge in [-0.25, -0.2) is 0 Å². The summed E-state index contributed by atoms with van der Waals surface area (Å²) in [4.78, 5) is 0. The lowest BCUT2D eigenvalue weighted by Crippen LogP contribution is -1.97. The first-order chi connectivity index (χ1) is 9.79. The van der Waals surface area contributed by atoms with Crippen molar-refractivity contribution in [2.45, 2.75) is 51.9 Å². The van der Waals surface area contributed by atoms with Gasteiger partial charge in [0.05, 0.1) is 0 Å². The number of hydrogen-bond donors (Lipinski definition) is 0. The zero-order valence-electron chi connectivity index (χ0n) is 12.8. The highest BCUT2D eigenvalue weighted by Crippen LogP contribution is 2.22. The molecule has 0 amide bonds. The van der Waals surface area contributed by atoms with Gasteiger partial charge in [0.1, 0.15) is 0 Å². The number of aryl methyl sites for hydroxylation is 2. The number of unbranched alkanes of at least 4 members (excludes halogenated alkanes) is 1. The van der Waals surface area contributed by atoms with Crippen molar-refractivity contribution < 1.29 is 0 Å². The maximum Gasteiger partial charge on any atom is -0.0187 e. The Bertz CT molecular complexity index is 481. The van der Waals surface area contributed by atoms with Crippen molar-refractivity contribution in [1.82, 2.24) is 0 Å². The van der Waals surface area contributed by atoms with Crippen LogP contribution in [0.25, 0.3) is 0 Å². The summed E-state index contributed by atoms with van der Waals surface area (Å²) in [5.41, 5.74) is 4.39. The summed E-state index contributed by atoms with van der Waals surface area (Å²) in [7, 11) is 0. The summed E-state index contributed by atoms with van der Waals surface area (Å²) in [6.45, 7) is 4.59. The molecule has 106 valence electrons. The summed E-state index contributed by atoms with van der Waals surface area (Å²) < 4.78 is 0. The topological polar surface area (TPSA) is 0 Å². The third-order valence-corrected chi connectivity index (χ3v) is 4.08. The summed E-state index contributed by atoms with van der Waals surface area (Å²) in [6.07, 6.45) is 6.17. The zero-order valence-corrected chi connectivity index (χ0v) is 12.8. The Hall–Kier alpha value is -1.56. The molecule has 0 heterocycles. The van der Waals surface area contributed by atoms with Gasteiger partial charge < -0.3 is 0 Å². The lowest BCUT2D eigenvalue weighted by atomic mass is 9.93. The first-order valence-electron chi connectivity index (χ1n) is 7.92. The molecule has 0 bridgehead atoms. The number of benzene rings is 2. The molecule has 20 heavy (non-hydrogen) atoms. The SMILES string of the molecule is CCCCc1ccc(C(C)CCc2ccccc2)cc1. The first kappa shape index (κ1) is 14.8. The quantitative estimate of drug-likeness (QED) is 0.597. The Morgan fingerprint density at radius 3 is 2.10 bits per heavy atom. The van der Waals surface area contributed by atoms with Crippen LogP contribution in [0.3, 0.4) is 0 Å². The van der Waals surface area contributed by atoms with E-state index in [0.717, 1.165) is 0 Å². The Labute approximate surface area is 123 Å². The Morgan fingerprint density at radius 1 is 0.800 bits per heavy atom. The second kappa shape index (κ2) is 7.89. The molecule has 0 aromatic heterocycles. The highest BCUT2D eigenvalue weighted by atomic mass is 14.1. The predicted molar refractivity (Wildman–Crippen MR) is 88.2 cm³/mol. The fraction of sp³-hybridized carbons (Fsp3) is 0.400. The van der Waals surface area contributed by atoms with Crippen molar-refractivity contribution in [2.75, 3.05) is 0 Å². The van der Waals surface area contributed by atoms with E-state index in [1.165, 1.54) is 48.8 Å². The molecule has 0 heteroatoms. The van der Waals surface area contributed by atoms with Crippen molar-refractivity contribution in [1.29, 1.82) is 0 Å². The lowest BCUT2D eigenvalue weighted by Gasteiger charge is -2.12. The highest BCUT2D eigenvalue weighted by Gasteiger charge is 2.06. The molecule has 0 aliphatic rings. The van der Waals surface area contributed by atoms with Gasteiger partial charge in [0.25, 0.3) is 0 Å². The minimum atomic E-state index is 0.635. The maximum atomic E-state index is 2.34. The van der Waals surface area contributed by atoms with E-state index in [-0.39, 0.29) is 0 Å². The van der Waals surface area contributed by atoms with Gasteiger partial charge in [-0.3, -0.25) is 0 Å². The zero-order chi connectivity index (χ0) is 14.2. The fourth-order valence-corrected chi connectivity index (χ4v) is 2.59. The first-order valence-corrected chi connectivity index (χ1v) is 7.92. The molecule has 2 rings (SSSR count). The smallest absolute Gasteiger partial charge is 0.0187 e. The average molecular weight is 266 g/mol. The molecule has 0 saturated heterocycles. The van der Waals surface area contributed by atoms with Crippen molar-refractivity contribution in [3.05, 3.63) is 71.3 Å². The fourth-order valence-electron chi connectivity index (χ4n) is 2.59. The minimum Gasteiger partial charge on any atom is -0.0654 e. The molecule has 0 aliphatic carbocycles. The van der Waals surface area contributed by atoms with E-state index in [9.17, 15) is 0 Å². The maximum absolute atomic E-state index is 2.34. The normalized spacial score (nSPS) is 12.3. The molecule has 0 radical (unpaired) electrons. The van der Waals surface area contributed by atoms with Crippen LogP contribution in [0.2, 0.25) is 0 Å². The molecular formula is C20H26. The second-order valence-corrected chi connectivity index (χ2v) is 5.77. The van der Waals surface area contributed by atoms with Crippen molar-refractivity contribution >= 4 is 0 Å². The van der Waals surface area contributed by atoms with Crippen LogP contribution in [0.4, 0.5) is 0 Å². The van der Waals surface area contributed by atoms with E-state index in [1.54, 1.807) is 0 Å². The standard InChI is InChI=1S/C20H26/c1-3-4-8-19-13-15-20(16-14-19)17(2)11-12-18-9-6-5-7-10-18/h5-7,9-10,13-17H,3-4,8,11-12H2,1-2H3. The average Bonchev–Trinajstić information content (AvgIpc) is 2.52. The molecule has 2 aromatic carbocycles. The monoisotopic (exact) mass is 266 g/mol. The van der Waals surface area contributed by atoms with Gasteiger partial charge in [-0.05, 0) is 48.3 Å². The summed E-state index contributed by atoms with van der Waals surface area (Å²) in [5.74, 6) is 0.635. The molecule has 0 nitrogen and oxygen atoms in total. The predicted octanol–water partition coefficient (Wildman–Crippen LogP) is 5.77. The van der Waals surface area contributed by atoms with Gasteiger partial charge >= 0.3 is 0 Å². The molecule has 1 unspecified atom stereocenters. The molecular weight excluding hydrogens is 240 g/mol. The van der Waals surface area contributed by atoms with Crippen LogP contribution in [-0.2, 0) is 12.8 Å². The second-order valence-electron chi connectivity index (χ2n) is 5.77. The Kier molecular flexibility index (Phi) is 5.86. The molecule has 0 saturated carbocycles. The Balaban J connectivity index is 1.87. The van der Waals surface area contributed by atoms with Crippen molar-refractivity contribution in [3.63, 3.8) is 0 Å². The highest BCUT2D eigenvalue weighted by molar-refractivity contribution is 5.25. The van der Waals surface area contributed by atoms with Gasteiger partial charge in [-0.15, -0.1) is 0 Å². The van der Waals surface area contributed by atoms with Crippen LogP contribution < -0.4 is 0 Å². The molecule has 0 aliphatic heterocycles. The van der Waals surface area contributed by atoms with E-state index in [1.807, 2.05) is 0 Å². The van der Waals surface area contributed by atoms with Crippen molar-refractivity contribution in [2.24, 2.45) is 0 Å². The molecule has 0 fully saturated rings. The number of hydrogen-bond acceptors (Lipinski definition) is 0. The summed E-state index contributed by atoms with van der Waals surface area (Å²) in [6, 6.07) is 20.0. The third-order valence-electron chi connectivity index (χ3n) is 4.08. The van der Waals surface area contributed by atoms with Gasteiger partial charge in [-0.1, -0.05) is 74.9 Å². The van der Waals surface area contributed by atoms with Crippen LogP contribution >= 0.6 is 0 Å². The largest absolute Gasteiger partial charge is 0.0654 e. The third kappa shape index (κ3) is 4.52. The van der Waals surface area contributed by atoms with Gasteiger partial charge in [-0.2, -0.15) is 0 Å². The summed E-state index contributed by atoms with van der Waals surface area (Å²) >= 11 is 0. The molecule has 1 atom stereocenters. The molecule has 0 spiro atoms. The van der Waals surface area contributed by atoms with Crippen LogP contribution in [0.1, 0.15) is 55.7 Å². The minimum absolute atomic E-state index is 0.635. The van der Waals surface area contributed by atoms with E-state index >= 15 is 0 Å². The van der Waals surface area contributed by atoms with Gasteiger partial charge in [0, 0.05) is 0 Å². The lowest BCUT2D eigenvalue weighted by molar-refractivity contribution is 0.679. The van der Waals surface area contributed by atoms with E-state index in [0.29, 0.717) is 5.92 Å². The Morgan fingerprint density at radius 2 is 1.45 bits per heavy atom. The molecule has 0 N–H and O–H groups in total. The number of rotatable bonds is 7. The van der Waals surface area contributed by atoms with Crippen LogP contribution in [0.15, 0.2) is 54.6 Å². The van der Waals surface area contributed by atoms with E-state index < -0.39 is 0 Å². The van der Waals surface area contributed by atoms with Gasteiger partial charge in [0.2, 0.25) is 0 Å². The molecule has 2 aromatic rings. The van der Waals surface area contributed by atoms with Crippen LogP contribution in [0, 0.1) is 0 Å².